The van der Waals surface area contributed by atoms with Crippen LogP contribution in [0, 0.1) is 0 Å². The number of rotatable bonds is 2. The van der Waals surface area contributed by atoms with Gasteiger partial charge in [0.05, 0.1) is 5.41 Å². The molecule has 0 aromatic heterocycles. The Kier molecular flexibility index (Phi) is 3.02. The lowest BCUT2D eigenvalue weighted by molar-refractivity contribution is -0.0797. The molecular formula is C3H5F3N2O2S. The summed E-state index contributed by atoms with van der Waals surface area (Å²) in [5, 5.41) is -0.0625. The van der Waals surface area contributed by atoms with Gasteiger partial charge in [-0.3, -0.25) is 5.84 Å². The van der Waals surface area contributed by atoms with Crippen molar-refractivity contribution in [2.24, 2.45) is 5.84 Å². The van der Waals surface area contributed by atoms with E-state index in [-0.39, 0.29) is 5.41 Å². The van der Waals surface area contributed by atoms with Crippen molar-refractivity contribution < 1.29 is 21.6 Å². The van der Waals surface area contributed by atoms with Crippen LogP contribution in [0.4, 0.5) is 13.2 Å². The number of sulfonamides is 1. The molecule has 0 bridgehead atoms. The van der Waals surface area contributed by atoms with Crippen LogP contribution in [0.1, 0.15) is 0 Å². The molecule has 0 atom stereocenters. The number of hydrogen-bond donors (Lipinski definition) is 2. The monoisotopic (exact) mass is 190 g/mol. The van der Waals surface area contributed by atoms with Crippen LogP contribution in [0.25, 0.3) is 0 Å². The SMILES string of the molecule is NNS(=O)(=O)/C=C/C(F)(F)F. The molecule has 8 heteroatoms. The second-order valence-corrected chi connectivity index (χ2v) is 3.11. The molecule has 0 rings (SSSR count). The lowest BCUT2D eigenvalue weighted by Crippen LogP contribution is -2.28. The summed E-state index contributed by atoms with van der Waals surface area (Å²) >= 11 is 0. The molecule has 0 saturated heterocycles. The minimum Gasteiger partial charge on any atom is -0.257 e. The van der Waals surface area contributed by atoms with Crippen LogP contribution in [-0.4, -0.2) is 14.6 Å². The van der Waals surface area contributed by atoms with E-state index in [0.717, 1.165) is 0 Å². The van der Waals surface area contributed by atoms with Gasteiger partial charge in [0.2, 0.25) is 10.0 Å². The Morgan fingerprint density at radius 1 is 1.36 bits per heavy atom. The van der Waals surface area contributed by atoms with Gasteiger partial charge in [-0.05, 0) is 0 Å². The Bertz CT molecular complexity index is 242. The van der Waals surface area contributed by atoms with E-state index in [0.29, 0.717) is 0 Å². The number of alkyl halides is 3. The van der Waals surface area contributed by atoms with Crippen molar-refractivity contribution in [1.29, 1.82) is 0 Å². The highest BCUT2D eigenvalue weighted by atomic mass is 32.2. The summed E-state index contributed by atoms with van der Waals surface area (Å²) in [7, 11) is -4.13. The summed E-state index contributed by atoms with van der Waals surface area (Å²) in [6.45, 7) is 0. The molecule has 0 aliphatic heterocycles. The van der Waals surface area contributed by atoms with E-state index in [1.54, 1.807) is 0 Å². The van der Waals surface area contributed by atoms with E-state index in [1.807, 2.05) is 0 Å². The lowest BCUT2D eigenvalue weighted by Gasteiger charge is -1.97. The maximum absolute atomic E-state index is 11.3. The van der Waals surface area contributed by atoms with Crippen molar-refractivity contribution in [2.45, 2.75) is 6.18 Å². The average Bonchev–Trinajstić information content (AvgIpc) is 1.83. The number of hydrazine groups is 1. The van der Waals surface area contributed by atoms with Crippen LogP contribution < -0.4 is 10.7 Å². The Morgan fingerprint density at radius 3 is 2.09 bits per heavy atom. The maximum Gasteiger partial charge on any atom is 0.410 e. The molecule has 0 radical (unpaired) electrons. The molecule has 0 heterocycles. The van der Waals surface area contributed by atoms with E-state index < -0.39 is 22.3 Å². The normalized spacial score (nSPS) is 14.2. The molecule has 0 fully saturated rings. The van der Waals surface area contributed by atoms with Gasteiger partial charge in [0.1, 0.15) is 0 Å². The molecule has 0 saturated carbocycles. The van der Waals surface area contributed by atoms with Crippen LogP contribution in [0.5, 0.6) is 0 Å². The van der Waals surface area contributed by atoms with E-state index in [1.165, 1.54) is 4.83 Å². The Morgan fingerprint density at radius 2 is 1.82 bits per heavy atom. The fourth-order valence-corrected chi connectivity index (χ4v) is 0.618. The molecule has 0 aromatic carbocycles. The third-order valence-electron chi connectivity index (χ3n) is 0.600. The number of nitrogens with two attached hydrogens (primary N) is 1. The van der Waals surface area contributed by atoms with Gasteiger partial charge in [-0.25, -0.2) is 8.42 Å². The molecule has 3 N–H and O–H groups in total. The summed E-state index contributed by atoms with van der Waals surface area (Å²) < 4.78 is 54.4. The van der Waals surface area contributed by atoms with Crippen LogP contribution in [0.3, 0.4) is 0 Å². The molecule has 0 aliphatic carbocycles. The van der Waals surface area contributed by atoms with Gasteiger partial charge in [0, 0.05) is 6.08 Å². The first-order valence-corrected chi connectivity index (χ1v) is 3.80. The van der Waals surface area contributed by atoms with Crippen LogP contribution in [0.2, 0.25) is 0 Å². The third-order valence-corrected chi connectivity index (χ3v) is 1.42. The van der Waals surface area contributed by atoms with Gasteiger partial charge < -0.3 is 0 Å². The average molecular weight is 190 g/mol. The molecule has 11 heavy (non-hydrogen) atoms. The highest BCUT2D eigenvalue weighted by Gasteiger charge is 2.23. The van der Waals surface area contributed by atoms with E-state index >= 15 is 0 Å². The minimum absolute atomic E-state index is 0.0625. The number of allylic oxidation sites excluding steroid dienone is 1. The zero-order valence-electron chi connectivity index (χ0n) is 5.09. The van der Waals surface area contributed by atoms with Gasteiger partial charge in [0.15, 0.2) is 0 Å². The zero-order chi connectivity index (χ0) is 9.12. The maximum atomic E-state index is 11.3. The van der Waals surface area contributed by atoms with Crippen LogP contribution >= 0.6 is 0 Å². The first-order valence-electron chi connectivity index (χ1n) is 2.25. The molecular weight excluding hydrogens is 185 g/mol. The molecule has 0 spiro atoms. The highest BCUT2D eigenvalue weighted by Crippen LogP contribution is 2.16. The smallest absolute Gasteiger partial charge is 0.257 e. The van der Waals surface area contributed by atoms with Crippen LogP contribution in [-0.2, 0) is 10.0 Å². The Hall–Kier alpha value is -0.600. The highest BCUT2D eigenvalue weighted by molar-refractivity contribution is 7.92. The van der Waals surface area contributed by atoms with Gasteiger partial charge in [-0.1, -0.05) is 0 Å². The van der Waals surface area contributed by atoms with Gasteiger partial charge in [-0.15, -0.1) is 0 Å². The van der Waals surface area contributed by atoms with E-state index in [9.17, 15) is 21.6 Å². The van der Waals surface area contributed by atoms with Crippen molar-refractivity contribution in [1.82, 2.24) is 4.83 Å². The Labute approximate surface area is 60.9 Å². The second kappa shape index (κ2) is 3.20. The van der Waals surface area contributed by atoms with E-state index in [2.05, 4.69) is 5.84 Å². The zero-order valence-corrected chi connectivity index (χ0v) is 5.91. The van der Waals surface area contributed by atoms with Crippen molar-refractivity contribution in [3.05, 3.63) is 11.5 Å². The molecule has 0 unspecified atom stereocenters. The molecule has 0 aliphatic rings. The summed E-state index contributed by atoms with van der Waals surface area (Å²) in [6, 6.07) is 0. The van der Waals surface area contributed by atoms with Crippen molar-refractivity contribution in [3.63, 3.8) is 0 Å². The van der Waals surface area contributed by atoms with Crippen molar-refractivity contribution >= 4 is 10.0 Å². The first-order chi connectivity index (χ1) is 4.77. The summed E-state index contributed by atoms with van der Waals surface area (Å²) in [6.07, 6.45) is -5.08. The predicted octanol–water partition coefficient (Wildman–Crippen LogP) is -0.144. The summed E-state index contributed by atoms with van der Waals surface area (Å²) in [4.78, 5) is 1.20. The van der Waals surface area contributed by atoms with Crippen molar-refractivity contribution in [2.75, 3.05) is 0 Å². The third kappa shape index (κ3) is 5.83. The first kappa shape index (κ1) is 10.4. The van der Waals surface area contributed by atoms with Gasteiger partial charge in [0.25, 0.3) is 0 Å². The molecule has 0 aromatic rings. The lowest BCUT2D eigenvalue weighted by atomic mass is 10.6. The fourth-order valence-electron chi connectivity index (χ4n) is 0.206. The number of halogens is 3. The largest absolute Gasteiger partial charge is 0.410 e. The standard InChI is InChI=1S/C3H5F3N2O2S/c4-3(5,6)1-2-11(9,10)8-7/h1-2,8H,7H2/b2-1+. The number of nitrogens with one attached hydrogen (secondary N) is 1. The summed E-state index contributed by atoms with van der Waals surface area (Å²) in [5.74, 6) is 4.38. The quantitative estimate of drug-likeness (QED) is 0.470. The van der Waals surface area contributed by atoms with E-state index in [4.69, 9.17) is 0 Å². The summed E-state index contributed by atoms with van der Waals surface area (Å²) in [5.41, 5.74) is 0. The van der Waals surface area contributed by atoms with Crippen molar-refractivity contribution in [3.8, 4) is 0 Å². The van der Waals surface area contributed by atoms with Crippen LogP contribution in [0.15, 0.2) is 11.5 Å². The minimum atomic E-state index is -4.65. The molecule has 4 nitrogen and oxygen atoms in total. The van der Waals surface area contributed by atoms with Gasteiger partial charge in [-0.2, -0.15) is 18.0 Å². The molecule has 0 amide bonds. The predicted molar refractivity (Wildman–Crippen MR) is 31.4 cm³/mol. The topological polar surface area (TPSA) is 72.2 Å². The number of hydrogen-bond acceptors (Lipinski definition) is 3. The Balaban J connectivity index is 4.39. The van der Waals surface area contributed by atoms with Gasteiger partial charge >= 0.3 is 6.18 Å². The second-order valence-electron chi connectivity index (χ2n) is 1.51. The fraction of sp³-hybridized carbons (Fsp3) is 0.333. The molecule has 66 valence electrons.